The molecule has 0 saturated heterocycles. The second-order valence-electron chi connectivity index (χ2n) is 4.93. The highest BCUT2D eigenvalue weighted by Crippen LogP contribution is 2.13. The predicted molar refractivity (Wildman–Crippen MR) is 78.2 cm³/mol. The summed E-state index contributed by atoms with van der Waals surface area (Å²) in [6.07, 6.45) is 2.53. The fourth-order valence-electron chi connectivity index (χ4n) is 2.08. The first-order valence-corrected chi connectivity index (χ1v) is 7.21. The molecule has 0 saturated carbocycles. The summed E-state index contributed by atoms with van der Waals surface area (Å²) >= 11 is 0. The quantitative estimate of drug-likeness (QED) is 0.683. The van der Waals surface area contributed by atoms with Crippen molar-refractivity contribution in [1.29, 1.82) is 0 Å². The number of hydrogen-bond acceptors (Lipinski definition) is 2. The summed E-state index contributed by atoms with van der Waals surface area (Å²) in [5, 5.41) is 0. The lowest BCUT2D eigenvalue weighted by Gasteiger charge is -2.22. The second-order valence-corrected chi connectivity index (χ2v) is 4.93. The van der Waals surface area contributed by atoms with Gasteiger partial charge in [0, 0.05) is 19.5 Å². The van der Waals surface area contributed by atoms with Gasteiger partial charge in [-0.1, -0.05) is 13.8 Å². The van der Waals surface area contributed by atoms with Gasteiger partial charge >= 0.3 is 0 Å². The lowest BCUT2D eigenvalue weighted by Crippen LogP contribution is -2.33. The van der Waals surface area contributed by atoms with Crippen LogP contribution in [0.1, 0.15) is 33.1 Å². The lowest BCUT2D eigenvalue weighted by molar-refractivity contribution is -0.134. The van der Waals surface area contributed by atoms with Crippen LogP contribution in [-0.4, -0.2) is 31.0 Å². The maximum Gasteiger partial charge on any atom is 0.225 e. The monoisotopic (exact) mass is 281 g/mol. The van der Waals surface area contributed by atoms with Crippen molar-refractivity contribution in [2.75, 3.05) is 20.2 Å². The molecule has 20 heavy (non-hydrogen) atoms. The zero-order chi connectivity index (χ0) is 15.0. The zero-order valence-corrected chi connectivity index (χ0v) is 12.6. The van der Waals surface area contributed by atoms with Gasteiger partial charge in [-0.2, -0.15) is 0 Å². The molecule has 0 fully saturated rings. The third-order valence-corrected chi connectivity index (χ3v) is 3.43. The van der Waals surface area contributed by atoms with E-state index in [4.69, 9.17) is 4.74 Å². The number of benzene rings is 1. The number of rotatable bonds is 8. The van der Waals surface area contributed by atoms with Gasteiger partial charge in [-0.3, -0.25) is 4.79 Å². The van der Waals surface area contributed by atoms with E-state index in [2.05, 4.69) is 0 Å². The van der Waals surface area contributed by atoms with Crippen molar-refractivity contribution in [1.82, 2.24) is 4.90 Å². The minimum Gasteiger partial charge on any atom is -0.494 e. The van der Waals surface area contributed by atoms with Crippen LogP contribution in [0.5, 0.6) is 5.75 Å². The van der Waals surface area contributed by atoms with Crippen LogP contribution in [0.2, 0.25) is 0 Å². The van der Waals surface area contributed by atoms with Crippen molar-refractivity contribution < 1.29 is 13.9 Å². The molecular formula is C16H24FNO2. The standard InChI is InChI=1S/C16H24FNO2/c1-4-13(5-2)16(19)18(3)11-6-12-20-15-9-7-14(17)8-10-15/h7-10,13H,4-6,11-12H2,1-3H3. The summed E-state index contributed by atoms with van der Waals surface area (Å²) < 4.78 is 18.2. The molecule has 1 aromatic rings. The normalized spacial score (nSPS) is 10.7. The highest BCUT2D eigenvalue weighted by molar-refractivity contribution is 5.78. The van der Waals surface area contributed by atoms with Gasteiger partial charge in [0.1, 0.15) is 11.6 Å². The van der Waals surface area contributed by atoms with E-state index in [-0.39, 0.29) is 17.6 Å². The molecule has 0 aliphatic carbocycles. The maximum absolute atomic E-state index is 12.7. The Balaban J connectivity index is 2.26. The Morgan fingerprint density at radius 3 is 2.40 bits per heavy atom. The molecule has 0 spiro atoms. The zero-order valence-electron chi connectivity index (χ0n) is 12.6. The van der Waals surface area contributed by atoms with E-state index < -0.39 is 0 Å². The van der Waals surface area contributed by atoms with Crippen LogP contribution in [0, 0.1) is 11.7 Å². The maximum atomic E-state index is 12.7. The molecule has 0 unspecified atom stereocenters. The average Bonchev–Trinajstić information content (AvgIpc) is 2.46. The fourth-order valence-corrected chi connectivity index (χ4v) is 2.08. The molecule has 1 aromatic carbocycles. The van der Waals surface area contributed by atoms with Gasteiger partial charge in [0.05, 0.1) is 6.61 Å². The molecule has 4 heteroatoms. The molecule has 1 amide bonds. The van der Waals surface area contributed by atoms with Crippen molar-refractivity contribution in [3.63, 3.8) is 0 Å². The molecule has 3 nitrogen and oxygen atoms in total. The van der Waals surface area contributed by atoms with E-state index >= 15 is 0 Å². The molecule has 0 aromatic heterocycles. The van der Waals surface area contributed by atoms with E-state index in [1.54, 1.807) is 17.0 Å². The number of halogens is 1. The molecule has 0 aliphatic heterocycles. The highest BCUT2D eigenvalue weighted by Gasteiger charge is 2.17. The number of nitrogens with zero attached hydrogens (tertiary/aromatic N) is 1. The summed E-state index contributed by atoms with van der Waals surface area (Å²) in [6.45, 7) is 5.28. The Morgan fingerprint density at radius 1 is 1.25 bits per heavy atom. The van der Waals surface area contributed by atoms with Gasteiger partial charge in [-0.15, -0.1) is 0 Å². The average molecular weight is 281 g/mol. The van der Waals surface area contributed by atoms with Gasteiger partial charge in [-0.05, 0) is 43.5 Å². The van der Waals surface area contributed by atoms with Gasteiger partial charge in [-0.25, -0.2) is 4.39 Å². The Hall–Kier alpha value is -1.58. The van der Waals surface area contributed by atoms with E-state index in [0.29, 0.717) is 18.9 Å². The minimum absolute atomic E-state index is 0.123. The third-order valence-electron chi connectivity index (χ3n) is 3.43. The van der Waals surface area contributed by atoms with Crippen molar-refractivity contribution >= 4 is 5.91 Å². The highest BCUT2D eigenvalue weighted by atomic mass is 19.1. The summed E-state index contributed by atoms with van der Waals surface area (Å²) in [5.74, 6) is 0.711. The molecule has 0 N–H and O–H groups in total. The van der Waals surface area contributed by atoms with E-state index in [9.17, 15) is 9.18 Å². The Kier molecular flexibility index (Phi) is 7.05. The molecular weight excluding hydrogens is 257 g/mol. The summed E-state index contributed by atoms with van der Waals surface area (Å²) in [6, 6.07) is 5.96. The van der Waals surface area contributed by atoms with Crippen molar-refractivity contribution in [2.45, 2.75) is 33.1 Å². The topological polar surface area (TPSA) is 29.5 Å². The van der Waals surface area contributed by atoms with E-state index in [0.717, 1.165) is 19.3 Å². The molecule has 0 aliphatic rings. The summed E-state index contributed by atoms with van der Waals surface area (Å²) in [7, 11) is 1.83. The molecule has 0 heterocycles. The largest absolute Gasteiger partial charge is 0.494 e. The van der Waals surface area contributed by atoms with Gasteiger partial charge in [0.2, 0.25) is 5.91 Å². The first-order valence-electron chi connectivity index (χ1n) is 7.21. The van der Waals surface area contributed by atoms with E-state index in [1.807, 2.05) is 20.9 Å². The van der Waals surface area contributed by atoms with Crippen LogP contribution in [0.25, 0.3) is 0 Å². The van der Waals surface area contributed by atoms with Gasteiger partial charge < -0.3 is 9.64 Å². The molecule has 0 bridgehead atoms. The van der Waals surface area contributed by atoms with Crippen LogP contribution in [0.3, 0.4) is 0 Å². The second kappa shape index (κ2) is 8.56. The molecule has 1 rings (SSSR count). The Morgan fingerprint density at radius 2 is 1.85 bits per heavy atom. The third kappa shape index (κ3) is 5.19. The lowest BCUT2D eigenvalue weighted by atomic mass is 10.0. The van der Waals surface area contributed by atoms with E-state index in [1.165, 1.54) is 12.1 Å². The molecule has 0 atom stereocenters. The molecule has 0 radical (unpaired) electrons. The smallest absolute Gasteiger partial charge is 0.225 e. The SMILES string of the molecule is CCC(CC)C(=O)N(C)CCCOc1ccc(F)cc1. The van der Waals surface area contributed by atoms with Crippen LogP contribution in [0.4, 0.5) is 4.39 Å². The number of ether oxygens (including phenoxy) is 1. The summed E-state index contributed by atoms with van der Waals surface area (Å²) in [5.41, 5.74) is 0. The van der Waals surface area contributed by atoms with Crippen molar-refractivity contribution in [3.8, 4) is 5.75 Å². The number of carbonyl (C=O) groups excluding carboxylic acids is 1. The Bertz CT molecular complexity index is 401. The van der Waals surface area contributed by atoms with Crippen LogP contribution in [-0.2, 0) is 4.79 Å². The van der Waals surface area contributed by atoms with Gasteiger partial charge in [0.25, 0.3) is 0 Å². The first kappa shape index (κ1) is 16.5. The van der Waals surface area contributed by atoms with Crippen molar-refractivity contribution in [2.24, 2.45) is 5.92 Å². The molecule has 112 valence electrons. The number of hydrogen-bond donors (Lipinski definition) is 0. The predicted octanol–water partition coefficient (Wildman–Crippen LogP) is 3.49. The van der Waals surface area contributed by atoms with Crippen LogP contribution >= 0.6 is 0 Å². The minimum atomic E-state index is -0.271. The van der Waals surface area contributed by atoms with Crippen molar-refractivity contribution in [3.05, 3.63) is 30.1 Å². The fraction of sp³-hybridized carbons (Fsp3) is 0.562. The number of amides is 1. The first-order chi connectivity index (χ1) is 9.58. The number of carbonyl (C=O) groups is 1. The van der Waals surface area contributed by atoms with Gasteiger partial charge in [0.15, 0.2) is 0 Å². The summed E-state index contributed by atoms with van der Waals surface area (Å²) in [4.78, 5) is 13.8. The van der Waals surface area contributed by atoms with Crippen LogP contribution < -0.4 is 4.74 Å². The van der Waals surface area contributed by atoms with Crippen LogP contribution in [0.15, 0.2) is 24.3 Å². The Labute approximate surface area is 120 Å².